The van der Waals surface area contributed by atoms with E-state index in [9.17, 15) is 18.0 Å². The number of methoxy groups -OCH3 is 1. The van der Waals surface area contributed by atoms with E-state index in [-0.39, 0.29) is 35.5 Å². The van der Waals surface area contributed by atoms with Crippen LogP contribution in [0.1, 0.15) is 70.9 Å². The third kappa shape index (κ3) is 9.06. The Hall–Kier alpha value is -2.80. The summed E-state index contributed by atoms with van der Waals surface area (Å²) in [6.07, 6.45) is 4.19. The lowest BCUT2D eigenvalue weighted by Crippen LogP contribution is -2.28. The Balaban J connectivity index is 0.00000298. The summed E-state index contributed by atoms with van der Waals surface area (Å²) >= 11 is 0. The highest BCUT2D eigenvalue weighted by atomic mass is 19.4. The summed E-state index contributed by atoms with van der Waals surface area (Å²) in [6, 6.07) is 3.93. The molecule has 4 nitrogen and oxygen atoms in total. The first-order valence-electron chi connectivity index (χ1n) is 11.9. The van der Waals surface area contributed by atoms with Crippen molar-refractivity contribution in [1.29, 1.82) is 0 Å². The van der Waals surface area contributed by atoms with Crippen molar-refractivity contribution in [3.05, 3.63) is 71.4 Å². The van der Waals surface area contributed by atoms with Gasteiger partial charge in [-0.2, -0.15) is 13.2 Å². The second kappa shape index (κ2) is 14.6. The van der Waals surface area contributed by atoms with Crippen molar-refractivity contribution in [2.24, 2.45) is 0 Å². The lowest BCUT2D eigenvalue weighted by molar-refractivity contribution is -0.138. The molecule has 0 heterocycles. The summed E-state index contributed by atoms with van der Waals surface area (Å²) in [5.74, 6) is -0.891. The van der Waals surface area contributed by atoms with E-state index >= 15 is 0 Å². The van der Waals surface area contributed by atoms with Crippen molar-refractivity contribution in [3.63, 3.8) is 0 Å². The predicted molar refractivity (Wildman–Crippen MR) is 134 cm³/mol. The Morgan fingerprint density at radius 2 is 1.77 bits per heavy atom. The van der Waals surface area contributed by atoms with Gasteiger partial charge in [-0.1, -0.05) is 50.8 Å². The summed E-state index contributed by atoms with van der Waals surface area (Å²) in [4.78, 5) is 11.2. The summed E-state index contributed by atoms with van der Waals surface area (Å²) in [5.41, 5.74) is 0.364. The van der Waals surface area contributed by atoms with Gasteiger partial charge in [-0.3, -0.25) is 4.79 Å². The van der Waals surface area contributed by atoms with E-state index in [1.165, 1.54) is 12.1 Å². The molecular weight excluding hydrogens is 457 g/mol. The molecule has 0 aromatic heterocycles. The molecule has 0 radical (unpaired) electrons. The van der Waals surface area contributed by atoms with Crippen molar-refractivity contribution >= 4 is 11.5 Å². The van der Waals surface area contributed by atoms with Crippen LogP contribution < -0.4 is 4.74 Å². The first kappa shape index (κ1) is 30.2. The Morgan fingerprint density at radius 1 is 1.17 bits per heavy atom. The van der Waals surface area contributed by atoms with Gasteiger partial charge in [-0.15, -0.1) is 0 Å². The van der Waals surface area contributed by atoms with Gasteiger partial charge in [-0.05, 0) is 68.4 Å². The molecule has 1 N–H and O–H groups in total. The zero-order valence-corrected chi connectivity index (χ0v) is 21.2. The van der Waals surface area contributed by atoms with Crippen LogP contribution in [0.5, 0.6) is 5.75 Å². The van der Waals surface area contributed by atoms with Gasteiger partial charge < -0.3 is 14.6 Å². The van der Waals surface area contributed by atoms with Crippen molar-refractivity contribution in [2.45, 2.75) is 78.2 Å². The predicted octanol–water partition coefficient (Wildman–Crippen LogP) is 8.00. The molecule has 7 heteroatoms. The molecule has 0 amide bonds. The number of halogens is 3. The number of benzene rings is 1. The summed E-state index contributed by atoms with van der Waals surface area (Å²) < 4.78 is 53.5. The van der Waals surface area contributed by atoms with Crippen LogP contribution in [0.25, 0.3) is 5.57 Å². The molecule has 1 aliphatic rings. The normalized spacial score (nSPS) is 19.5. The second-order valence-corrected chi connectivity index (χ2v) is 8.01. The highest BCUT2D eigenvalue weighted by molar-refractivity contribution is 5.82. The molecule has 0 unspecified atom stereocenters. The SMILES string of the molecule is C=C/C(CC(=O)O)=C(C)/C=C(\C=C/C)c1c(OC2CCC(OC)CC2)cccc1C(F)(F)F.CC. The molecular formula is C28H37F3O4. The minimum Gasteiger partial charge on any atom is -0.490 e. The van der Waals surface area contributed by atoms with Gasteiger partial charge >= 0.3 is 12.1 Å². The van der Waals surface area contributed by atoms with E-state index in [1.54, 1.807) is 45.3 Å². The number of carboxylic acids is 1. The highest BCUT2D eigenvalue weighted by Gasteiger charge is 2.36. The van der Waals surface area contributed by atoms with Crippen molar-refractivity contribution in [2.75, 3.05) is 7.11 Å². The topological polar surface area (TPSA) is 55.8 Å². The zero-order valence-electron chi connectivity index (χ0n) is 21.2. The minimum absolute atomic E-state index is 0.0601. The maximum atomic E-state index is 14.0. The Morgan fingerprint density at radius 3 is 2.26 bits per heavy atom. The number of allylic oxidation sites excluding steroid dienone is 6. The Bertz CT molecular complexity index is 934. The molecule has 1 fully saturated rings. The first-order valence-corrected chi connectivity index (χ1v) is 11.9. The molecule has 1 aliphatic carbocycles. The lowest BCUT2D eigenvalue weighted by Gasteiger charge is -2.29. The van der Waals surface area contributed by atoms with Gasteiger partial charge in [0.2, 0.25) is 0 Å². The smallest absolute Gasteiger partial charge is 0.417 e. The van der Waals surface area contributed by atoms with Crippen LogP contribution in [0.3, 0.4) is 0 Å². The van der Waals surface area contributed by atoms with E-state index in [4.69, 9.17) is 14.6 Å². The molecule has 0 spiro atoms. The molecule has 35 heavy (non-hydrogen) atoms. The number of aliphatic carboxylic acids is 1. The van der Waals surface area contributed by atoms with Gasteiger partial charge in [0.05, 0.1) is 24.2 Å². The second-order valence-electron chi connectivity index (χ2n) is 8.01. The van der Waals surface area contributed by atoms with E-state index in [0.717, 1.165) is 18.9 Å². The molecule has 0 bridgehead atoms. The third-order valence-electron chi connectivity index (χ3n) is 5.68. The van der Waals surface area contributed by atoms with Gasteiger partial charge in [0.15, 0.2) is 0 Å². The van der Waals surface area contributed by atoms with Crippen molar-refractivity contribution < 1.29 is 32.5 Å². The minimum atomic E-state index is -4.59. The molecule has 1 aromatic rings. The number of ether oxygens (including phenoxy) is 2. The molecule has 1 aromatic carbocycles. The van der Waals surface area contributed by atoms with Crippen LogP contribution in [0.4, 0.5) is 13.2 Å². The van der Waals surface area contributed by atoms with Crippen LogP contribution in [0.2, 0.25) is 0 Å². The molecule has 0 saturated heterocycles. The monoisotopic (exact) mass is 494 g/mol. The van der Waals surface area contributed by atoms with Crippen molar-refractivity contribution in [3.8, 4) is 5.75 Å². The lowest BCUT2D eigenvalue weighted by atomic mass is 9.93. The largest absolute Gasteiger partial charge is 0.490 e. The molecule has 0 aliphatic heterocycles. The van der Waals surface area contributed by atoms with Crippen LogP contribution >= 0.6 is 0 Å². The average Bonchev–Trinajstić information content (AvgIpc) is 2.83. The maximum absolute atomic E-state index is 14.0. The summed E-state index contributed by atoms with van der Waals surface area (Å²) in [5, 5.41) is 9.14. The van der Waals surface area contributed by atoms with E-state index in [1.807, 2.05) is 13.8 Å². The van der Waals surface area contributed by atoms with Crippen LogP contribution in [-0.4, -0.2) is 30.4 Å². The number of carbonyl (C=O) groups is 1. The standard InChI is InChI=1S/C26H31F3O4.C2H6/c1-5-8-19(15-17(3)18(6-2)16-24(30)31)25-22(26(27,28)29)9-7-10-23(25)33-21-13-11-20(32-4)12-14-21;1-2/h5-10,15,20-21H,2,11-14,16H2,1,3-4H3,(H,30,31);1-2H3/b8-5-,18-17-,19-15+;. The number of alkyl halides is 3. The molecule has 194 valence electrons. The quantitative estimate of drug-likeness (QED) is 0.353. The average molecular weight is 495 g/mol. The fraction of sp³-hybridized carbons (Fsp3) is 0.464. The summed E-state index contributed by atoms with van der Waals surface area (Å²) in [6.45, 7) is 11.0. The van der Waals surface area contributed by atoms with Gasteiger partial charge in [0.1, 0.15) is 5.75 Å². The Labute approximate surface area is 206 Å². The van der Waals surface area contributed by atoms with Gasteiger partial charge in [-0.25, -0.2) is 0 Å². The Kier molecular flexibility index (Phi) is 12.6. The molecule has 0 atom stereocenters. The van der Waals surface area contributed by atoms with Gasteiger partial charge in [0.25, 0.3) is 0 Å². The fourth-order valence-corrected chi connectivity index (χ4v) is 3.97. The maximum Gasteiger partial charge on any atom is 0.417 e. The van der Waals surface area contributed by atoms with Crippen LogP contribution in [-0.2, 0) is 15.7 Å². The van der Waals surface area contributed by atoms with E-state index < -0.39 is 17.7 Å². The van der Waals surface area contributed by atoms with Gasteiger partial charge in [0, 0.05) is 12.7 Å². The number of rotatable bonds is 9. The number of carboxylic acid groups (broad SMARTS) is 1. The first-order chi connectivity index (χ1) is 16.6. The van der Waals surface area contributed by atoms with E-state index in [0.29, 0.717) is 24.0 Å². The molecule has 1 saturated carbocycles. The third-order valence-corrected chi connectivity index (χ3v) is 5.68. The van der Waals surface area contributed by atoms with Crippen LogP contribution in [0.15, 0.2) is 60.2 Å². The highest BCUT2D eigenvalue weighted by Crippen LogP contribution is 2.41. The van der Waals surface area contributed by atoms with E-state index in [2.05, 4.69) is 6.58 Å². The van der Waals surface area contributed by atoms with Crippen LogP contribution in [0, 0.1) is 0 Å². The number of hydrogen-bond acceptors (Lipinski definition) is 3. The molecule has 2 rings (SSSR count). The zero-order chi connectivity index (χ0) is 26.6. The van der Waals surface area contributed by atoms with Crippen molar-refractivity contribution in [1.82, 2.24) is 0 Å². The fourth-order valence-electron chi connectivity index (χ4n) is 3.97. The number of hydrogen-bond donors (Lipinski definition) is 1. The summed E-state index contributed by atoms with van der Waals surface area (Å²) in [7, 11) is 1.66.